The average molecular weight is 518 g/mol. The summed E-state index contributed by atoms with van der Waals surface area (Å²) in [7, 11) is 1.65. The van der Waals surface area contributed by atoms with Crippen molar-refractivity contribution in [2.24, 2.45) is 0 Å². The number of ether oxygens (including phenoxy) is 1. The first-order chi connectivity index (χ1) is 19.2. The summed E-state index contributed by atoms with van der Waals surface area (Å²) in [5.41, 5.74) is 6.72. The van der Waals surface area contributed by atoms with Crippen molar-refractivity contribution in [1.82, 2.24) is 4.90 Å². The normalized spacial score (nSPS) is 15.6. The standard InChI is InChI=1S/C34H35N3O2/c1-39-31-16-14-29(15-17-31)37-25-28-12-13-30(24-33(28)34(37)38)36-22-20-35(21-23-36)19-18-32(26-8-4-2-5-9-26)27-10-6-3-7-11-27/h2-17,24,32H,18-23,25H2,1H3. The van der Waals surface area contributed by atoms with Gasteiger partial charge in [-0.3, -0.25) is 9.69 Å². The van der Waals surface area contributed by atoms with Crippen LogP contribution >= 0.6 is 0 Å². The van der Waals surface area contributed by atoms with Gasteiger partial charge < -0.3 is 14.5 Å². The first-order valence-corrected chi connectivity index (χ1v) is 13.9. The fraction of sp³-hybridized carbons (Fsp3) is 0.265. The van der Waals surface area contributed by atoms with Crippen LogP contribution in [0, 0.1) is 0 Å². The fourth-order valence-electron chi connectivity index (χ4n) is 5.89. The minimum Gasteiger partial charge on any atom is -0.497 e. The van der Waals surface area contributed by atoms with Crippen LogP contribution in [-0.2, 0) is 6.54 Å². The third kappa shape index (κ3) is 5.41. The van der Waals surface area contributed by atoms with Crippen molar-refractivity contribution < 1.29 is 9.53 Å². The molecule has 2 aliphatic rings. The summed E-state index contributed by atoms with van der Waals surface area (Å²) in [6, 6.07) is 35.8. The lowest BCUT2D eigenvalue weighted by Gasteiger charge is -2.37. The molecule has 2 heterocycles. The molecule has 39 heavy (non-hydrogen) atoms. The van der Waals surface area contributed by atoms with Gasteiger partial charge in [0.2, 0.25) is 0 Å². The van der Waals surface area contributed by atoms with Crippen molar-refractivity contribution in [2.45, 2.75) is 18.9 Å². The summed E-state index contributed by atoms with van der Waals surface area (Å²) < 4.78 is 5.27. The van der Waals surface area contributed by atoms with Gasteiger partial charge in [-0.1, -0.05) is 66.7 Å². The van der Waals surface area contributed by atoms with E-state index in [2.05, 4.69) is 88.7 Å². The summed E-state index contributed by atoms with van der Waals surface area (Å²) in [4.78, 5) is 20.1. The van der Waals surface area contributed by atoms with E-state index in [-0.39, 0.29) is 5.91 Å². The second kappa shape index (κ2) is 11.3. The SMILES string of the molecule is COc1ccc(N2Cc3ccc(N4CCN(CCC(c5ccccc5)c5ccccc5)CC4)cc3C2=O)cc1. The molecule has 6 rings (SSSR count). The number of piperazine rings is 1. The number of anilines is 2. The highest BCUT2D eigenvalue weighted by Gasteiger charge is 2.30. The second-order valence-corrected chi connectivity index (χ2v) is 10.4. The number of hydrogen-bond donors (Lipinski definition) is 0. The van der Waals surface area contributed by atoms with Crippen molar-refractivity contribution in [3.05, 3.63) is 125 Å². The maximum absolute atomic E-state index is 13.3. The molecular formula is C34H35N3O2. The number of methoxy groups -OCH3 is 1. The largest absolute Gasteiger partial charge is 0.497 e. The minimum absolute atomic E-state index is 0.0727. The van der Waals surface area contributed by atoms with E-state index in [9.17, 15) is 4.79 Å². The monoisotopic (exact) mass is 517 g/mol. The van der Waals surface area contributed by atoms with Gasteiger partial charge in [0.1, 0.15) is 5.75 Å². The Morgan fingerprint density at radius 2 is 1.36 bits per heavy atom. The van der Waals surface area contributed by atoms with Gasteiger partial charge in [0, 0.05) is 49.0 Å². The molecule has 198 valence electrons. The van der Waals surface area contributed by atoms with E-state index < -0.39 is 0 Å². The van der Waals surface area contributed by atoms with Gasteiger partial charge in [0.25, 0.3) is 5.91 Å². The molecule has 2 aliphatic heterocycles. The van der Waals surface area contributed by atoms with Crippen molar-refractivity contribution >= 4 is 17.3 Å². The van der Waals surface area contributed by atoms with E-state index in [1.807, 2.05) is 29.2 Å². The average Bonchev–Trinajstić information content (AvgIpc) is 3.34. The number of benzene rings is 4. The van der Waals surface area contributed by atoms with E-state index in [1.165, 1.54) is 11.1 Å². The Morgan fingerprint density at radius 1 is 0.744 bits per heavy atom. The van der Waals surface area contributed by atoms with Gasteiger partial charge in [0.15, 0.2) is 0 Å². The van der Waals surface area contributed by atoms with E-state index in [0.29, 0.717) is 12.5 Å². The van der Waals surface area contributed by atoms with Crippen LogP contribution in [0.25, 0.3) is 0 Å². The minimum atomic E-state index is 0.0727. The highest BCUT2D eigenvalue weighted by atomic mass is 16.5. The second-order valence-electron chi connectivity index (χ2n) is 10.4. The summed E-state index contributed by atoms with van der Waals surface area (Å²) in [5.74, 6) is 1.27. The van der Waals surface area contributed by atoms with Crippen molar-refractivity contribution in [3.8, 4) is 5.75 Å². The van der Waals surface area contributed by atoms with Gasteiger partial charge in [-0.15, -0.1) is 0 Å². The quantitative estimate of drug-likeness (QED) is 0.279. The predicted molar refractivity (Wildman–Crippen MR) is 158 cm³/mol. The topological polar surface area (TPSA) is 36.0 Å². The zero-order chi connectivity index (χ0) is 26.6. The van der Waals surface area contributed by atoms with Gasteiger partial charge in [-0.2, -0.15) is 0 Å². The van der Waals surface area contributed by atoms with Crippen LogP contribution in [0.15, 0.2) is 103 Å². The van der Waals surface area contributed by atoms with Crippen LogP contribution in [-0.4, -0.2) is 50.6 Å². The van der Waals surface area contributed by atoms with Gasteiger partial charge in [-0.05, 0) is 66.1 Å². The Morgan fingerprint density at radius 3 is 1.97 bits per heavy atom. The van der Waals surface area contributed by atoms with Gasteiger partial charge in [-0.25, -0.2) is 0 Å². The van der Waals surface area contributed by atoms with Gasteiger partial charge in [0.05, 0.1) is 13.7 Å². The van der Waals surface area contributed by atoms with Crippen LogP contribution in [0.5, 0.6) is 5.75 Å². The predicted octanol–water partition coefficient (Wildman–Crippen LogP) is 6.20. The first kappa shape index (κ1) is 25.2. The molecule has 0 unspecified atom stereocenters. The number of carbonyl (C=O) groups excluding carboxylic acids is 1. The highest BCUT2D eigenvalue weighted by molar-refractivity contribution is 6.10. The lowest BCUT2D eigenvalue weighted by Crippen LogP contribution is -2.46. The fourth-order valence-corrected chi connectivity index (χ4v) is 5.89. The van der Waals surface area contributed by atoms with E-state index >= 15 is 0 Å². The third-order valence-electron chi connectivity index (χ3n) is 8.16. The maximum Gasteiger partial charge on any atom is 0.259 e. The Hall–Kier alpha value is -4.09. The summed E-state index contributed by atoms with van der Waals surface area (Å²) in [5, 5.41) is 0. The lowest BCUT2D eigenvalue weighted by molar-refractivity contribution is 0.0996. The molecule has 5 heteroatoms. The van der Waals surface area contributed by atoms with E-state index in [4.69, 9.17) is 4.74 Å². The molecule has 0 saturated carbocycles. The molecule has 0 spiro atoms. The molecule has 0 radical (unpaired) electrons. The van der Waals surface area contributed by atoms with Crippen LogP contribution in [0.3, 0.4) is 0 Å². The van der Waals surface area contributed by atoms with Crippen LogP contribution in [0.2, 0.25) is 0 Å². The van der Waals surface area contributed by atoms with Crippen molar-refractivity contribution in [1.29, 1.82) is 0 Å². The number of hydrogen-bond acceptors (Lipinski definition) is 4. The maximum atomic E-state index is 13.3. The number of nitrogens with zero attached hydrogens (tertiary/aromatic N) is 3. The molecule has 4 aromatic carbocycles. The van der Waals surface area contributed by atoms with Crippen LogP contribution in [0.1, 0.15) is 39.4 Å². The van der Waals surface area contributed by atoms with E-state index in [1.54, 1.807) is 7.11 Å². The summed E-state index contributed by atoms with van der Waals surface area (Å²) in [6.07, 6.45) is 1.10. The molecule has 0 N–H and O–H groups in total. The Labute approximate surface area is 231 Å². The number of amides is 1. The lowest BCUT2D eigenvalue weighted by atomic mass is 9.88. The van der Waals surface area contributed by atoms with Crippen molar-refractivity contribution in [2.75, 3.05) is 49.6 Å². The first-order valence-electron chi connectivity index (χ1n) is 13.9. The number of carbonyl (C=O) groups is 1. The zero-order valence-corrected chi connectivity index (χ0v) is 22.5. The molecule has 0 aromatic heterocycles. The highest BCUT2D eigenvalue weighted by Crippen LogP contribution is 2.33. The summed E-state index contributed by atoms with van der Waals surface area (Å²) >= 11 is 0. The molecule has 4 aromatic rings. The number of rotatable bonds is 8. The molecule has 0 atom stereocenters. The molecule has 1 amide bonds. The number of fused-ring (bicyclic) bond motifs is 1. The molecule has 1 saturated heterocycles. The molecule has 0 bridgehead atoms. The zero-order valence-electron chi connectivity index (χ0n) is 22.5. The van der Waals surface area contributed by atoms with Crippen molar-refractivity contribution in [3.63, 3.8) is 0 Å². The van der Waals surface area contributed by atoms with E-state index in [0.717, 1.165) is 67.4 Å². The van der Waals surface area contributed by atoms with Crippen LogP contribution < -0.4 is 14.5 Å². The van der Waals surface area contributed by atoms with Gasteiger partial charge >= 0.3 is 0 Å². The molecule has 1 fully saturated rings. The molecule has 0 aliphatic carbocycles. The summed E-state index contributed by atoms with van der Waals surface area (Å²) in [6.45, 7) is 5.67. The smallest absolute Gasteiger partial charge is 0.259 e. The van der Waals surface area contributed by atoms with Crippen LogP contribution in [0.4, 0.5) is 11.4 Å². The Kier molecular flexibility index (Phi) is 7.33. The Bertz CT molecular complexity index is 1360. The molecular weight excluding hydrogens is 482 g/mol. The molecule has 5 nitrogen and oxygen atoms in total. The third-order valence-corrected chi connectivity index (χ3v) is 8.16. The Balaban J connectivity index is 1.08.